The fourth-order valence-corrected chi connectivity index (χ4v) is 3.02. The van der Waals surface area contributed by atoms with Gasteiger partial charge in [0.1, 0.15) is 0 Å². The number of unbranched alkanes of at least 4 members (excludes halogenated alkanes) is 1. The van der Waals surface area contributed by atoms with Gasteiger partial charge in [0.25, 0.3) is 0 Å². The molecule has 4 heteroatoms. The summed E-state index contributed by atoms with van der Waals surface area (Å²) in [6.45, 7) is 4.03. The highest BCUT2D eigenvalue weighted by Crippen LogP contribution is 2.35. The largest absolute Gasteiger partial charge is 0.419 e. The summed E-state index contributed by atoms with van der Waals surface area (Å²) < 4.78 is 11.4. The van der Waals surface area contributed by atoms with Crippen molar-refractivity contribution >= 4 is 11.9 Å². The van der Waals surface area contributed by atoms with E-state index in [0.29, 0.717) is 16.9 Å². The van der Waals surface area contributed by atoms with Gasteiger partial charge in [0.2, 0.25) is 0 Å². The summed E-state index contributed by atoms with van der Waals surface area (Å²) in [6, 6.07) is 21.2. The molecule has 0 bridgehead atoms. The Morgan fingerprint density at radius 1 is 0.793 bits per heavy atom. The second-order valence-corrected chi connectivity index (χ2v) is 6.87. The Bertz CT molecular complexity index is 978. The van der Waals surface area contributed by atoms with Crippen LogP contribution in [0.3, 0.4) is 0 Å². The minimum Gasteiger partial charge on any atom is -0.419 e. The molecule has 0 amide bonds. The van der Waals surface area contributed by atoms with Crippen LogP contribution in [0.2, 0.25) is 0 Å². The van der Waals surface area contributed by atoms with Crippen molar-refractivity contribution in [2.24, 2.45) is 0 Å². The van der Waals surface area contributed by atoms with Gasteiger partial charge in [-0.25, -0.2) is 9.59 Å². The molecule has 0 saturated carbocycles. The van der Waals surface area contributed by atoms with Gasteiger partial charge in [-0.05, 0) is 61.2 Å². The van der Waals surface area contributed by atoms with E-state index in [-0.39, 0.29) is 5.75 Å². The number of hydrogen-bond donors (Lipinski definition) is 0. The van der Waals surface area contributed by atoms with E-state index in [1.165, 1.54) is 0 Å². The Morgan fingerprint density at radius 3 is 1.90 bits per heavy atom. The van der Waals surface area contributed by atoms with Crippen molar-refractivity contribution in [3.63, 3.8) is 0 Å². The molecule has 0 heterocycles. The number of carbonyl (C=O) groups excluding carboxylic acids is 2. The monoisotopic (exact) mass is 388 g/mol. The minimum atomic E-state index is -0.491. The first-order valence-electron chi connectivity index (χ1n) is 9.76. The Labute approximate surface area is 171 Å². The summed E-state index contributed by atoms with van der Waals surface area (Å²) in [6.07, 6.45) is 2.66. The van der Waals surface area contributed by atoms with Gasteiger partial charge < -0.3 is 9.47 Å². The molecule has 0 N–H and O–H groups in total. The van der Waals surface area contributed by atoms with Crippen LogP contribution in [-0.2, 0) is 6.42 Å². The highest BCUT2D eigenvalue weighted by atomic mass is 16.6. The molecule has 0 unspecified atom stereocenters. The topological polar surface area (TPSA) is 52.6 Å². The second kappa shape index (κ2) is 9.69. The third-order valence-corrected chi connectivity index (χ3v) is 4.49. The Hall–Kier alpha value is -3.40. The van der Waals surface area contributed by atoms with Crippen LogP contribution < -0.4 is 9.47 Å². The first-order chi connectivity index (χ1) is 14.1. The van der Waals surface area contributed by atoms with E-state index in [4.69, 9.17) is 9.47 Å². The van der Waals surface area contributed by atoms with E-state index in [2.05, 4.69) is 6.92 Å². The number of benzene rings is 3. The van der Waals surface area contributed by atoms with Crippen molar-refractivity contribution < 1.29 is 19.1 Å². The number of hydrogen-bond acceptors (Lipinski definition) is 4. The Balaban J connectivity index is 1.96. The lowest BCUT2D eigenvalue weighted by Crippen LogP contribution is -2.14. The van der Waals surface area contributed by atoms with Crippen LogP contribution in [0.1, 0.15) is 51.6 Å². The standard InChI is InChI=1S/C25H24O4/c1-3-4-11-21-16-18(2)17-22(28-24(26)19-12-7-5-8-13-19)23(21)29-25(27)20-14-9-6-10-15-20/h5-10,12-17H,3-4,11H2,1-2H3. The molecule has 0 fully saturated rings. The molecule has 29 heavy (non-hydrogen) atoms. The first-order valence-corrected chi connectivity index (χ1v) is 9.76. The van der Waals surface area contributed by atoms with E-state index < -0.39 is 11.9 Å². The lowest BCUT2D eigenvalue weighted by molar-refractivity contribution is 0.0681. The summed E-state index contributed by atoms with van der Waals surface area (Å²) in [7, 11) is 0. The summed E-state index contributed by atoms with van der Waals surface area (Å²) in [5.41, 5.74) is 2.66. The first kappa shape index (κ1) is 20.3. The highest BCUT2D eigenvalue weighted by molar-refractivity contribution is 5.93. The van der Waals surface area contributed by atoms with Gasteiger partial charge in [-0.2, -0.15) is 0 Å². The molecule has 4 nitrogen and oxygen atoms in total. The van der Waals surface area contributed by atoms with Crippen molar-refractivity contribution in [3.05, 3.63) is 95.1 Å². The van der Waals surface area contributed by atoms with Crippen molar-refractivity contribution in [2.75, 3.05) is 0 Å². The van der Waals surface area contributed by atoms with Gasteiger partial charge in [-0.15, -0.1) is 0 Å². The summed E-state index contributed by atoms with van der Waals surface area (Å²) in [4.78, 5) is 25.3. The maximum absolute atomic E-state index is 12.7. The van der Waals surface area contributed by atoms with Gasteiger partial charge in [-0.1, -0.05) is 55.8 Å². The average molecular weight is 388 g/mol. The van der Waals surface area contributed by atoms with E-state index in [0.717, 1.165) is 30.4 Å². The van der Waals surface area contributed by atoms with Gasteiger partial charge in [-0.3, -0.25) is 0 Å². The van der Waals surface area contributed by atoms with Crippen molar-refractivity contribution in [1.29, 1.82) is 0 Å². The third kappa shape index (κ3) is 5.32. The zero-order valence-electron chi connectivity index (χ0n) is 16.7. The van der Waals surface area contributed by atoms with E-state index in [9.17, 15) is 9.59 Å². The lowest BCUT2D eigenvalue weighted by Gasteiger charge is -2.16. The molecule has 0 spiro atoms. The Kier molecular flexibility index (Phi) is 6.80. The summed E-state index contributed by atoms with van der Waals surface area (Å²) >= 11 is 0. The number of ether oxygens (including phenoxy) is 2. The second-order valence-electron chi connectivity index (χ2n) is 6.87. The summed E-state index contributed by atoms with van der Waals surface area (Å²) in [5.74, 6) is -0.407. The van der Waals surface area contributed by atoms with Crippen LogP contribution in [-0.4, -0.2) is 11.9 Å². The molecule has 3 aromatic rings. The van der Waals surface area contributed by atoms with Gasteiger partial charge >= 0.3 is 11.9 Å². The van der Waals surface area contributed by atoms with Crippen LogP contribution in [0.5, 0.6) is 11.5 Å². The van der Waals surface area contributed by atoms with Gasteiger partial charge in [0, 0.05) is 0 Å². The quantitative estimate of drug-likeness (QED) is 0.380. The van der Waals surface area contributed by atoms with Crippen LogP contribution in [0.15, 0.2) is 72.8 Å². The fourth-order valence-electron chi connectivity index (χ4n) is 3.02. The average Bonchev–Trinajstić information content (AvgIpc) is 2.75. The number of esters is 2. The molecule has 0 aromatic heterocycles. The fraction of sp³-hybridized carbons (Fsp3) is 0.200. The van der Waals surface area contributed by atoms with E-state index in [1.807, 2.05) is 25.1 Å². The highest BCUT2D eigenvalue weighted by Gasteiger charge is 2.20. The maximum Gasteiger partial charge on any atom is 0.343 e. The molecule has 0 aliphatic rings. The normalized spacial score (nSPS) is 10.4. The Morgan fingerprint density at radius 2 is 1.34 bits per heavy atom. The third-order valence-electron chi connectivity index (χ3n) is 4.49. The van der Waals surface area contributed by atoms with Crippen LogP contribution >= 0.6 is 0 Å². The predicted octanol–water partition coefficient (Wildman–Crippen LogP) is 5.78. The number of rotatable bonds is 7. The minimum absolute atomic E-state index is 0.259. The zero-order chi connectivity index (χ0) is 20.6. The lowest BCUT2D eigenvalue weighted by atomic mass is 10.0. The molecule has 0 radical (unpaired) electrons. The molecular weight excluding hydrogens is 364 g/mol. The molecule has 0 aliphatic heterocycles. The molecule has 0 atom stereocenters. The van der Waals surface area contributed by atoms with Gasteiger partial charge in [0.15, 0.2) is 11.5 Å². The van der Waals surface area contributed by atoms with E-state index >= 15 is 0 Å². The van der Waals surface area contributed by atoms with Crippen molar-refractivity contribution in [3.8, 4) is 11.5 Å². The maximum atomic E-state index is 12.7. The molecule has 3 aromatic carbocycles. The smallest absolute Gasteiger partial charge is 0.343 e. The molecular formula is C25H24O4. The molecule has 3 rings (SSSR count). The number of aryl methyl sites for hydroxylation is 2. The zero-order valence-corrected chi connectivity index (χ0v) is 16.7. The molecule has 0 aliphatic carbocycles. The summed E-state index contributed by atoms with van der Waals surface area (Å²) in [5, 5.41) is 0. The van der Waals surface area contributed by atoms with Crippen molar-refractivity contribution in [1.82, 2.24) is 0 Å². The van der Waals surface area contributed by atoms with Gasteiger partial charge in [0.05, 0.1) is 11.1 Å². The molecule has 148 valence electrons. The number of carbonyl (C=O) groups is 2. The SMILES string of the molecule is CCCCc1cc(C)cc(OC(=O)c2ccccc2)c1OC(=O)c1ccccc1. The van der Waals surface area contributed by atoms with Crippen LogP contribution in [0.25, 0.3) is 0 Å². The van der Waals surface area contributed by atoms with Crippen molar-refractivity contribution in [2.45, 2.75) is 33.1 Å². The van der Waals surface area contributed by atoms with Crippen LogP contribution in [0.4, 0.5) is 0 Å². The van der Waals surface area contributed by atoms with E-state index in [1.54, 1.807) is 54.6 Å². The molecule has 0 saturated heterocycles. The van der Waals surface area contributed by atoms with Crippen LogP contribution in [0, 0.1) is 6.92 Å². The predicted molar refractivity (Wildman–Crippen MR) is 113 cm³/mol.